The van der Waals surface area contributed by atoms with Crippen LogP contribution in [-0.4, -0.2) is 47.7 Å². The SMILES string of the molecule is CCOC(=O)c1[nH]c(Cc2c(C)[nH]c(C)c2C(=O)OCC)c(C(=O)OCC)c1C. The Morgan fingerprint density at radius 2 is 1.24 bits per heavy atom. The highest BCUT2D eigenvalue weighted by atomic mass is 16.5. The second-order valence-corrected chi connectivity index (χ2v) is 6.55. The molecule has 0 spiro atoms. The standard InChI is InChI=1S/C21H28N2O6/c1-7-27-19(24)16-11(4)18(21(26)29-9-3)23-15(16)10-14-12(5)22-13(6)17(14)20(25)28-8-2/h22-23H,7-10H2,1-6H3. The van der Waals surface area contributed by atoms with Crippen molar-refractivity contribution in [1.29, 1.82) is 0 Å². The molecule has 0 aliphatic heterocycles. The summed E-state index contributed by atoms with van der Waals surface area (Å²) in [5, 5.41) is 0. The van der Waals surface area contributed by atoms with Gasteiger partial charge in [-0.3, -0.25) is 0 Å². The number of nitrogens with one attached hydrogen (secondary N) is 2. The molecule has 8 nitrogen and oxygen atoms in total. The highest BCUT2D eigenvalue weighted by Crippen LogP contribution is 2.27. The van der Waals surface area contributed by atoms with E-state index in [-0.39, 0.29) is 37.5 Å². The molecule has 8 heteroatoms. The van der Waals surface area contributed by atoms with Gasteiger partial charge in [0.1, 0.15) is 5.69 Å². The number of ether oxygens (including phenoxy) is 3. The summed E-state index contributed by atoms with van der Waals surface area (Å²) in [6.45, 7) is 11.1. The number of esters is 3. The number of rotatable bonds is 8. The molecule has 2 rings (SSSR count). The highest BCUT2D eigenvalue weighted by Gasteiger charge is 2.28. The van der Waals surface area contributed by atoms with Crippen LogP contribution >= 0.6 is 0 Å². The lowest BCUT2D eigenvalue weighted by atomic mass is 10.0. The van der Waals surface area contributed by atoms with E-state index in [0.29, 0.717) is 28.1 Å². The molecule has 2 N–H and O–H groups in total. The van der Waals surface area contributed by atoms with Gasteiger partial charge in [0.05, 0.1) is 30.9 Å². The third kappa shape index (κ3) is 4.52. The third-order valence-corrected chi connectivity index (χ3v) is 4.62. The predicted molar refractivity (Wildman–Crippen MR) is 106 cm³/mol. The monoisotopic (exact) mass is 404 g/mol. The fraction of sp³-hybridized carbons (Fsp3) is 0.476. The van der Waals surface area contributed by atoms with Crippen molar-refractivity contribution in [2.45, 2.75) is 48.0 Å². The zero-order valence-electron chi connectivity index (χ0n) is 17.8. The van der Waals surface area contributed by atoms with Crippen LogP contribution in [0.25, 0.3) is 0 Å². The van der Waals surface area contributed by atoms with Gasteiger partial charge in [-0.05, 0) is 52.7 Å². The Bertz CT molecular complexity index is 922. The molecule has 0 saturated heterocycles. The van der Waals surface area contributed by atoms with Crippen molar-refractivity contribution in [2.24, 2.45) is 0 Å². The summed E-state index contributed by atoms with van der Waals surface area (Å²) in [5.41, 5.74) is 4.02. The van der Waals surface area contributed by atoms with E-state index in [2.05, 4.69) is 9.97 Å². The molecule has 0 radical (unpaired) electrons. The molecule has 158 valence electrons. The molecule has 0 unspecified atom stereocenters. The number of hydrogen-bond donors (Lipinski definition) is 2. The highest BCUT2D eigenvalue weighted by molar-refractivity contribution is 5.99. The van der Waals surface area contributed by atoms with Crippen molar-refractivity contribution >= 4 is 17.9 Å². The van der Waals surface area contributed by atoms with Gasteiger partial charge in [-0.25, -0.2) is 14.4 Å². The number of carbonyl (C=O) groups excluding carboxylic acids is 3. The quantitative estimate of drug-likeness (QED) is 0.515. The lowest BCUT2D eigenvalue weighted by molar-refractivity contribution is 0.0510. The Hall–Kier alpha value is -3.03. The Morgan fingerprint density at radius 1 is 0.724 bits per heavy atom. The van der Waals surface area contributed by atoms with Gasteiger partial charge in [0.2, 0.25) is 0 Å². The maximum atomic E-state index is 12.6. The fourth-order valence-corrected chi connectivity index (χ4v) is 3.39. The van der Waals surface area contributed by atoms with Crippen LogP contribution in [0.3, 0.4) is 0 Å². The minimum absolute atomic E-state index is 0.201. The number of aryl methyl sites for hydroxylation is 2. The Balaban J connectivity index is 2.58. The first-order valence-corrected chi connectivity index (χ1v) is 9.67. The average molecular weight is 404 g/mol. The lowest BCUT2D eigenvalue weighted by Gasteiger charge is -2.08. The van der Waals surface area contributed by atoms with E-state index in [1.165, 1.54) is 0 Å². The summed E-state index contributed by atoms with van der Waals surface area (Å²) in [7, 11) is 0. The first kappa shape index (κ1) is 22.3. The summed E-state index contributed by atoms with van der Waals surface area (Å²) in [4.78, 5) is 43.5. The van der Waals surface area contributed by atoms with Crippen LogP contribution in [0.4, 0.5) is 0 Å². The van der Waals surface area contributed by atoms with Crippen LogP contribution in [0.1, 0.15) is 80.2 Å². The molecule has 0 amide bonds. The Morgan fingerprint density at radius 3 is 1.79 bits per heavy atom. The molecule has 29 heavy (non-hydrogen) atoms. The average Bonchev–Trinajstić information content (AvgIpc) is 3.12. The van der Waals surface area contributed by atoms with Crippen LogP contribution in [-0.2, 0) is 20.6 Å². The lowest BCUT2D eigenvalue weighted by Crippen LogP contribution is -2.11. The number of aromatic amines is 2. The molecule has 0 fully saturated rings. The Labute approximate surface area is 169 Å². The van der Waals surface area contributed by atoms with Crippen molar-refractivity contribution in [3.63, 3.8) is 0 Å². The second-order valence-electron chi connectivity index (χ2n) is 6.55. The molecule has 0 bridgehead atoms. The van der Waals surface area contributed by atoms with E-state index < -0.39 is 17.9 Å². The van der Waals surface area contributed by atoms with Gasteiger partial charge in [0.25, 0.3) is 0 Å². The maximum absolute atomic E-state index is 12.6. The zero-order chi connectivity index (χ0) is 21.7. The van der Waals surface area contributed by atoms with Gasteiger partial charge in [-0.15, -0.1) is 0 Å². The molecule has 2 heterocycles. The van der Waals surface area contributed by atoms with E-state index in [1.54, 1.807) is 34.6 Å². The number of hydrogen-bond acceptors (Lipinski definition) is 6. The van der Waals surface area contributed by atoms with Gasteiger partial charge < -0.3 is 24.2 Å². The van der Waals surface area contributed by atoms with Gasteiger partial charge >= 0.3 is 17.9 Å². The van der Waals surface area contributed by atoms with E-state index in [0.717, 1.165) is 5.69 Å². The second kappa shape index (κ2) is 9.45. The molecule has 0 aromatic carbocycles. The van der Waals surface area contributed by atoms with Gasteiger partial charge in [-0.1, -0.05) is 0 Å². The van der Waals surface area contributed by atoms with Crippen LogP contribution in [0.5, 0.6) is 0 Å². The van der Waals surface area contributed by atoms with Crippen molar-refractivity contribution in [2.75, 3.05) is 19.8 Å². The molecule has 0 atom stereocenters. The topological polar surface area (TPSA) is 110 Å². The molecule has 2 aromatic heterocycles. The summed E-state index contributed by atoms with van der Waals surface area (Å²) in [6.07, 6.45) is 0.221. The zero-order valence-corrected chi connectivity index (χ0v) is 17.8. The number of carbonyl (C=O) groups is 3. The van der Waals surface area contributed by atoms with E-state index >= 15 is 0 Å². The van der Waals surface area contributed by atoms with E-state index in [1.807, 2.05) is 6.92 Å². The van der Waals surface area contributed by atoms with Crippen molar-refractivity contribution in [1.82, 2.24) is 9.97 Å². The minimum atomic E-state index is -0.547. The van der Waals surface area contributed by atoms with Gasteiger partial charge in [-0.2, -0.15) is 0 Å². The first-order chi connectivity index (χ1) is 13.8. The molecule has 0 saturated carbocycles. The molecule has 0 aliphatic rings. The Kier molecular flexibility index (Phi) is 7.25. The molecular weight excluding hydrogens is 376 g/mol. The normalized spacial score (nSPS) is 10.7. The van der Waals surface area contributed by atoms with E-state index in [4.69, 9.17) is 14.2 Å². The summed E-state index contributed by atoms with van der Waals surface area (Å²) in [6, 6.07) is 0. The van der Waals surface area contributed by atoms with Gasteiger partial charge in [0, 0.05) is 23.5 Å². The third-order valence-electron chi connectivity index (χ3n) is 4.62. The van der Waals surface area contributed by atoms with Crippen LogP contribution < -0.4 is 0 Å². The number of H-pyrrole nitrogens is 2. The van der Waals surface area contributed by atoms with Crippen molar-refractivity contribution in [3.05, 3.63) is 45.0 Å². The molecule has 2 aromatic rings. The molecule has 0 aliphatic carbocycles. The maximum Gasteiger partial charge on any atom is 0.355 e. The van der Waals surface area contributed by atoms with E-state index in [9.17, 15) is 14.4 Å². The minimum Gasteiger partial charge on any atom is -0.462 e. The van der Waals surface area contributed by atoms with Crippen LogP contribution in [0, 0.1) is 20.8 Å². The smallest absolute Gasteiger partial charge is 0.355 e. The van der Waals surface area contributed by atoms with Crippen molar-refractivity contribution < 1.29 is 28.6 Å². The largest absolute Gasteiger partial charge is 0.462 e. The first-order valence-electron chi connectivity index (χ1n) is 9.67. The fourth-order valence-electron chi connectivity index (χ4n) is 3.39. The van der Waals surface area contributed by atoms with Gasteiger partial charge in [0.15, 0.2) is 0 Å². The van der Waals surface area contributed by atoms with Crippen molar-refractivity contribution in [3.8, 4) is 0 Å². The van der Waals surface area contributed by atoms with Crippen LogP contribution in [0.2, 0.25) is 0 Å². The molecular formula is C21H28N2O6. The number of aromatic nitrogens is 2. The predicted octanol–water partition coefficient (Wildman–Crippen LogP) is 3.39. The summed E-state index contributed by atoms with van der Waals surface area (Å²) < 4.78 is 15.4. The van der Waals surface area contributed by atoms with Crippen LogP contribution in [0.15, 0.2) is 0 Å². The summed E-state index contributed by atoms with van der Waals surface area (Å²) in [5.74, 6) is -1.51. The summed E-state index contributed by atoms with van der Waals surface area (Å²) >= 11 is 0.